The molecule has 10 nitrogen and oxygen atoms in total. The number of likely N-dealkylation sites (tertiary alicyclic amines) is 1. The molecule has 0 saturated carbocycles. The molecule has 3 heterocycles. The maximum Gasteiger partial charge on any atom is 0.255 e. The maximum atomic E-state index is 13.0. The van der Waals surface area contributed by atoms with Gasteiger partial charge in [-0.05, 0) is 61.7 Å². The molecule has 2 N–H and O–H groups in total. The molecule has 2 atom stereocenters. The summed E-state index contributed by atoms with van der Waals surface area (Å²) >= 11 is 0. The van der Waals surface area contributed by atoms with Gasteiger partial charge in [-0.2, -0.15) is 5.10 Å². The van der Waals surface area contributed by atoms with E-state index in [1.165, 1.54) is 13.1 Å². The van der Waals surface area contributed by atoms with Crippen molar-refractivity contribution >= 4 is 29.9 Å². The van der Waals surface area contributed by atoms with E-state index in [1.807, 2.05) is 54.5 Å². The lowest BCUT2D eigenvalue weighted by molar-refractivity contribution is -0.121. The van der Waals surface area contributed by atoms with Gasteiger partial charge < -0.3 is 25.2 Å². The van der Waals surface area contributed by atoms with Crippen LogP contribution >= 0.6 is 0 Å². The van der Waals surface area contributed by atoms with E-state index in [9.17, 15) is 14.4 Å². The smallest absolute Gasteiger partial charge is 0.255 e. The first-order chi connectivity index (χ1) is 19.4. The Morgan fingerprint density at radius 1 is 1.27 bits per heavy atom. The van der Waals surface area contributed by atoms with Crippen LogP contribution in [0.5, 0.6) is 5.75 Å². The van der Waals surface area contributed by atoms with Gasteiger partial charge in [-0.3, -0.25) is 14.5 Å². The number of aldehydes is 1. The molecule has 10 heteroatoms. The van der Waals surface area contributed by atoms with Gasteiger partial charge in [-0.1, -0.05) is 0 Å². The number of nitrogens with one attached hydrogen (secondary N) is 2. The van der Waals surface area contributed by atoms with E-state index in [2.05, 4.69) is 15.3 Å². The van der Waals surface area contributed by atoms with E-state index >= 15 is 0 Å². The van der Waals surface area contributed by atoms with Crippen LogP contribution < -0.4 is 10.1 Å². The van der Waals surface area contributed by atoms with E-state index < -0.39 is 6.04 Å². The molecule has 208 valence electrons. The lowest BCUT2D eigenvalue weighted by atomic mass is 10.1. The highest BCUT2D eigenvalue weighted by Crippen LogP contribution is 2.31. The number of hydrogen-bond acceptors (Lipinski definition) is 8. The molecule has 2 aliphatic rings. The summed E-state index contributed by atoms with van der Waals surface area (Å²) in [6.45, 7) is 4.26. The summed E-state index contributed by atoms with van der Waals surface area (Å²) in [4.78, 5) is 39.9. The van der Waals surface area contributed by atoms with Crippen LogP contribution in [0.2, 0.25) is 0 Å². The number of fused-ring (bicyclic) bond motifs is 1. The number of rotatable bonds is 12. The summed E-state index contributed by atoms with van der Waals surface area (Å²) in [5.74, 6) is 0.432. The molecule has 2 aliphatic heterocycles. The number of ketones is 1. The molecule has 40 heavy (non-hydrogen) atoms. The quantitative estimate of drug-likeness (QED) is 0.266. The third kappa shape index (κ3) is 5.67. The van der Waals surface area contributed by atoms with Crippen molar-refractivity contribution in [3.63, 3.8) is 0 Å². The van der Waals surface area contributed by atoms with Crippen LogP contribution in [0.3, 0.4) is 0 Å². The lowest BCUT2D eigenvalue weighted by Crippen LogP contribution is -2.40. The molecular formula is C30H34N6O4. The molecule has 1 saturated heterocycles. The average molecular weight is 543 g/mol. The number of ether oxygens (including phenoxy) is 1. The van der Waals surface area contributed by atoms with Crippen molar-refractivity contribution in [3.05, 3.63) is 71.0 Å². The van der Waals surface area contributed by atoms with Gasteiger partial charge in [0.05, 0.1) is 17.9 Å². The third-order valence-corrected chi connectivity index (χ3v) is 7.61. The fraction of sp³-hybridized carbons (Fsp3) is 0.367. The number of carbonyl (C=O) groups is 3. The largest absolute Gasteiger partial charge is 0.489 e. The number of aromatic nitrogens is 2. The Bertz CT molecular complexity index is 1430. The highest BCUT2D eigenvalue weighted by atomic mass is 16.5. The molecule has 2 unspecified atom stereocenters. The SMILES string of the molecule is CNc1cc(-n2cc(CN3CCC(Oc4ccc5c(c4)CN(C(CCC=O)C(C)=O)C5=O)C3)cn2)ccc1C=N. The Morgan fingerprint density at radius 2 is 2.12 bits per heavy atom. The van der Waals surface area contributed by atoms with Gasteiger partial charge in [0, 0.05) is 74.4 Å². The summed E-state index contributed by atoms with van der Waals surface area (Å²) in [6, 6.07) is 10.7. The van der Waals surface area contributed by atoms with Crippen molar-refractivity contribution in [1.29, 1.82) is 5.41 Å². The van der Waals surface area contributed by atoms with Crippen molar-refractivity contribution in [1.82, 2.24) is 19.6 Å². The van der Waals surface area contributed by atoms with Gasteiger partial charge in [0.2, 0.25) is 0 Å². The second-order valence-electron chi connectivity index (χ2n) is 10.3. The minimum atomic E-state index is -0.589. The van der Waals surface area contributed by atoms with Crippen molar-refractivity contribution in [2.45, 2.75) is 51.4 Å². The topological polar surface area (TPSA) is 121 Å². The number of nitrogens with zero attached hydrogens (tertiary/aromatic N) is 4. The number of amides is 1. The summed E-state index contributed by atoms with van der Waals surface area (Å²) in [5.41, 5.74) is 5.17. The second kappa shape index (κ2) is 11.8. The van der Waals surface area contributed by atoms with Gasteiger partial charge in [0.1, 0.15) is 18.1 Å². The molecule has 0 bridgehead atoms. The number of benzene rings is 2. The van der Waals surface area contributed by atoms with E-state index in [0.717, 1.165) is 60.4 Å². The first kappa shape index (κ1) is 27.3. The number of hydrogen-bond donors (Lipinski definition) is 2. The van der Waals surface area contributed by atoms with Crippen LogP contribution in [0, 0.1) is 5.41 Å². The molecule has 0 spiro atoms. The average Bonchev–Trinajstić information content (AvgIpc) is 3.68. The predicted molar refractivity (Wildman–Crippen MR) is 151 cm³/mol. The number of anilines is 1. The molecule has 0 aliphatic carbocycles. The zero-order valence-electron chi connectivity index (χ0n) is 22.8. The van der Waals surface area contributed by atoms with E-state index in [-0.39, 0.29) is 24.2 Å². The Balaban J connectivity index is 1.18. The van der Waals surface area contributed by atoms with Crippen LogP contribution in [0.1, 0.15) is 53.2 Å². The highest BCUT2D eigenvalue weighted by Gasteiger charge is 2.35. The van der Waals surface area contributed by atoms with Crippen molar-refractivity contribution in [2.24, 2.45) is 0 Å². The zero-order chi connectivity index (χ0) is 28.2. The van der Waals surface area contributed by atoms with Crippen LogP contribution in [0.25, 0.3) is 5.69 Å². The maximum absolute atomic E-state index is 13.0. The molecular weight excluding hydrogens is 508 g/mol. The molecule has 1 fully saturated rings. The van der Waals surface area contributed by atoms with Gasteiger partial charge >= 0.3 is 0 Å². The van der Waals surface area contributed by atoms with Gasteiger partial charge in [0.25, 0.3) is 5.91 Å². The summed E-state index contributed by atoms with van der Waals surface area (Å²) in [6.07, 6.45) is 7.53. The first-order valence-corrected chi connectivity index (χ1v) is 13.5. The number of carbonyl (C=O) groups excluding carboxylic acids is 3. The first-order valence-electron chi connectivity index (χ1n) is 13.5. The van der Waals surface area contributed by atoms with Crippen LogP contribution in [0.15, 0.2) is 48.8 Å². The summed E-state index contributed by atoms with van der Waals surface area (Å²) in [5, 5.41) is 15.2. The van der Waals surface area contributed by atoms with Crippen LogP contribution in [-0.4, -0.2) is 76.1 Å². The highest BCUT2D eigenvalue weighted by molar-refractivity contribution is 6.01. The second-order valence-corrected chi connectivity index (χ2v) is 10.3. The monoisotopic (exact) mass is 542 g/mol. The van der Waals surface area contributed by atoms with E-state index in [0.29, 0.717) is 24.3 Å². The molecule has 5 rings (SSSR count). The van der Waals surface area contributed by atoms with Crippen LogP contribution in [-0.2, 0) is 22.7 Å². The van der Waals surface area contributed by atoms with Crippen molar-refractivity contribution < 1.29 is 19.1 Å². The third-order valence-electron chi connectivity index (χ3n) is 7.61. The van der Waals surface area contributed by atoms with E-state index in [1.54, 1.807) is 11.0 Å². The lowest BCUT2D eigenvalue weighted by Gasteiger charge is -2.24. The standard InChI is InChI=1S/C30H34N6O4/c1-20(38)29(4-3-11-37)35-18-23-12-25(7-8-27(23)30(35)39)40-26-9-10-34(19-26)16-21-15-33-36(17-21)24-6-5-22(14-31)28(13-24)32-2/h5-8,11-15,17,26,29,31-32H,3-4,9-10,16,18-19H2,1-2H3. The van der Waals surface area contributed by atoms with E-state index in [4.69, 9.17) is 10.1 Å². The zero-order valence-corrected chi connectivity index (χ0v) is 22.8. The van der Waals surface area contributed by atoms with Gasteiger partial charge in [-0.15, -0.1) is 0 Å². The van der Waals surface area contributed by atoms with Crippen molar-refractivity contribution in [2.75, 3.05) is 25.5 Å². The Morgan fingerprint density at radius 3 is 2.88 bits per heavy atom. The molecule has 1 amide bonds. The summed E-state index contributed by atoms with van der Waals surface area (Å²) < 4.78 is 8.15. The minimum absolute atomic E-state index is 0.0331. The Hall–Kier alpha value is -4.31. The Labute approximate surface area is 233 Å². The minimum Gasteiger partial charge on any atom is -0.489 e. The molecule has 3 aromatic rings. The summed E-state index contributed by atoms with van der Waals surface area (Å²) in [7, 11) is 1.84. The fourth-order valence-corrected chi connectivity index (χ4v) is 5.55. The molecule has 0 radical (unpaired) electrons. The van der Waals surface area contributed by atoms with Gasteiger partial charge in [0.15, 0.2) is 5.78 Å². The Kier molecular flexibility index (Phi) is 8.06. The predicted octanol–water partition coefficient (Wildman–Crippen LogP) is 3.46. The van der Waals surface area contributed by atoms with Gasteiger partial charge in [-0.25, -0.2) is 4.68 Å². The normalized spacial score (nSPS) is 17.5. The van der Waals surface area contributed by atoms with Crippen LogP contribution in [0.4, 0.5) is 5.69 Å². The fourth-order valence-electron chi connectivity index (χ4n) is 5.55. The molecule has 2 aromatic carbocycles. The molecule has 1 aromatic heterocycles. The number of Topliss-reactive ketones (excluding diaryl/α,β-unsaturated/α-hetero) is 1. The van der Waals surface area contributed by atoms with Crippen molar-refractivity contribution in [3.8, 4) is 11.4 Å².